The van der Waals surface area contributed by atoms with Crippen molar-refractivity contribution in [2.24, 2.45) is 0 Å². The number of aliphatic hydroxyl groups is 1. The molecule has 0 bridgehead atoms. The van der Waals surface area contributed by atoms with Crippen molar-refractivity contribution in [1.29, 1.82) is 0 Å². The van der Waals surface area contributed by atoms with Crippen molar-refractivity contribution < 1.29 is 9.84 Å². The van der Waals surface area contributed by atoms with Crippen LogP contribution >= 0.6 is 0 Å². The molecule has 0 aliphatic heterocycles. The van der Waals surface area contributed by atoms with Gasteiger partial charge in [-0.3, -0.25) is 0 Å². The summed E-state index contributed by atoms with van der Waals surface area (Å²) in [6.45, 7) is 3.73. The molecular formula is C14H25NO2. The second-order valence-electron chi connectivity index (χ2n) is 4.63. The molecule has 1 atom stereocenters. The molecule has 0 heterocycles. The predicted octanol–water partition coefficient (Wildman–Crippen LogP) is 1.70. The minimum Gasteiger partial charge on any atom is -0.389 e. The van der Waals surface area contributed by atoms with E-state index in [0.29, 0.717) is 19.3 Å². The largest absolute Gasteiger partial charge is 0.389 e. The molecule has 0 radical (unpaired) electrons. The number of hydrogen-bond donors (Lipinski definition) is 2. The van der Waals surface area contributed by atoms with E-state index in [-0.39, 0.29) is 0 Å². The lowest BCUT2D eigenvalue weighted by Gasteiger charge is -2.23. The summed E-state index contributed by atoms with van der Waals surface area (Å²) in [5, 5.41) is 12.9. The highest BCUT2D eigenvalue weighted by atomic mass is 16.5. The summed E-state index contributed by atoms with van der Waals surface area (Å²) >= 11 is 0. The molecule has 98 valence electrons. The van der Waals surface area contributed by atoms with Crippen molar-refractivity contribution >= 4 is 0 Å². The Morgan fingerprint density at radius 1 is 1.35 bits per heavy atom. The van der Waals surface area contributed by atoms with Crippen LogP contribution in [-0.4, -0.2) is 37.0 Å². The molecule has 1 fully saturated rings. The predicted molar refractivity (Wildman–Crippen MR) is 69.8 cm³/mol. The summed E-state index contributed by atoms with van der Waals surface area (Å²) in [6.07, 6.45) is 7.02. The fourth-order valence-corrected chi connectivity index (χ4v) is 2.08. The molecule has 0 saturated heterocycles. The Kier molecular flexibility index (Phi) is 8.08. The molecular weight excluding hydrogens is 214 g/mol. The van der Waals surface area contributed by atoms with Crippen LogP contribution in [0, 0.1) is 11.8 Å². The summed E-state index contributed by atoms with van der Waals surface area (Å²) in [6, 6.07) is 0. The van der Waals surface area contributed by atoms with E-state index < -0.39 is 6.10 Å². The molecule has 3 nitrogen and oxygen atoms in total. The van der Waals surface area contributed by atoms with Gasteiger partial charge in [0.15, 0.2) is 0 Å². The Morgan fingerprint density at radius 2 is 2.12 bits per heavy atom. The lowest BCUT2D eigenvalue weighted by Crippen LogP contribution is -2.32. The van der Waals surface area contributed by atoms with Crippen LogP contribution in [0.4, 0.5) is 0 Å². The molecule has 1 aliphatic rings. The average molecular weight is 239 g/mol. The van der Waals surface area contributed by atoms with Gasteiger partial charge in [0.05, 0.1) is 18.8 Å². The lowest BCUT2D eigenvalue weighted by molar-refractivity contribution is -0.0228. The van der Waals surface area contributed by atoms with E-state index >= 15 is 0 Å². The van der Waals surface area contributed by atoms with Gasteiger partial charge in [0.25, 0.3) is 0 Å². The van der Waals surface area contributed by atoms with Crippen LogP contribution in [-0.2, 0) is 4.74 Å². The fourth-order valence-electron chi connectivity index (χ4n) is 2.08. The number of hydrogen-bond acceptors (Lipinski definition) is 3. The first-order valence-corrected chi connectivity index (χ1v) is 6.73. The first-order valence-electron chi connectivity index (χ1n) is 6.73. The molecule has 1 rings (SSSR count). The molecule has 1 unspecified atom stereocenters. The molecule has 0 aromatic rings. The smallest absolute Gasteiger partial charge is 0.0897 e. The molecule has 2 N–H and O–H groups in total. The van der Waals surface area contributed by atoms with Crippen LogP contribution in [0.5, 0.6) is 0 Å². The molecule has 1 saturated carbocycles. The normalized spacial score (nSPS) is 18.5. The Morgan fingerprint density at radius 3 is 2.82 bits per heavy atom. The summed E-state index contributed by atoms with van der Waals surface area (Å²) in [5.41, 5.74) is 0. The van der Waals surface area contributed by atoms with E-state index in [1.807, 2.05) is 6.92 Å². The van der Waals surface area contributed by atoms with Crippen molar-refractivity contribution in [1.82, 2.24) is 5.32 Å². The highest BCUT2D eigenvalue weighted by Crippen LogP contribution is 2.20. The third kappa shape index (κ3) is 7.38. The SMILES string of the molecule is CC#CCCNCC(O)COC1CCCCC1. The highest BCUT2D eigenvalue weighted by Gasteiger charge is 2.15. The first kappa shape index (κ1) is 14.5. The van der Waals surface area contributed by atoms with Gasteiger partial charge in [0.1, 0.15) is 0 Å². The van der Waals surface area contributed by atoms with Gasteiger partial charge in [0.2, 0.25) is 0 Å². The van der Waals surface area contributed by atoms with Crippen LogP contribution in [0.1, 0.15) is 45.4 Å². The molecule has 0 amide bonds. The number of ether oxygens (including phenoxy) is 1. The monoisotopic (exact) mass is 239 g/mol. The Labute approximate surface area is 105 Å². The molecule has 0 aromatic heterocycles. The topological polar surface area (TPSA) is 41.5 Å². The van der Waals surface area contributed by atoms with Crippen LogP contribution in [0.25, 0.3) is 0 Å². The molecule has 17 heavy (non-hydrogen) atoms. The Hall–Kier alpha value is -0.560. The van der Waals surface area contributed by atoms with E-state index in [2.05, 4.69) is 17.2 Å². The van der Waals surface area contributed by atoms with E-state index in [4.69, 9.17) is 4.74 Å². The number of nitrogens with one attached hydrogen (secondary N) is 1. The van der Waals surface area contributed by atoms with E-state index in [0.717, 1.165) is 25.8 Å². The van der Waals surface area contributed by atoms with Crippen molar-refractivity contribution in [3.8, 4) is 11.8 Å². The fraction of sp³-hybridized carbons (Fsp3) is 0.857. The number of rotatable bonds is 7. The van der Waals surface area contributed by atoms with E-state index in [1.54, 1.807) is 0 Å². The quantitative estimate of drug-likeness (QED) is 0.525. The second-order valence-corrected chi connectivity index (χ2v) is 4.63. The molecule has 1 aliphatic carbocycles. The van der Waals surface area contributed by atoms with E-state index in [1.165, 1.54) is 19.3 Å². The van der Waals surface area contributed by atoms with E-state index in [9.17, 15) is 5.11 Å². The second kappa shape index (κ2) is 9.47. The average Bonchev–Trinajstić information content (AvgIpc) is 2.37. The van der Waals surface area contributed by atoms with Crippen molar-refractivity contribution in [2.75, 3.05) is 19.7 Å². The zero-order valence-electron chi connectivity index (χ0n) is 10.9. The molecule has 3 heteroatoms. The third-order valence-electron chi connectivity index (χ3n) is 3.06. The highest BCUT2D eigenvalue weighted by molar-refractivity contribution is 4.95. The third-order valence-corrected chi connectivity index (χ3v) is 3.06. The van der Waals surface area contributed by atoms with Crippen LogP contribution in [0.3, 0.4) is 0 Å². The van der Waals surface area contributed by atoms with Crippen molar-refractivity contribution in [2.45, 2.75) is 57.7 Å². The molecule has 0 spiro atoms. The minimum atomic E-state index is -0.397. The zero-order valence-corrected chi connectivity index (χ0v) is 10.9. The van der Waals surface area contributed by atoms with Gasteiger partial charge in [-0.05, 0) is 19.8 Å². The van der Waals surface area contributed by atoms with Gasteiger partial charge in [-0.2, -0.15) is 0 Å². The van der Waals surface area contributed by atoms with Gasteiger partial charge in [-0.25, -0.2) is 0 Å². The van der Waals surface area contributed by atoms with Crippen LogP contribution in [0.15, 0.2) is 0 Å². The summed E-state index contributed by atoms with van der Waals surface area (Å²) in [5.74, 6) is 5.83. The van der Waals surface area contributed by atoms with Gasteiger partial charge in [0, 0.05) is 19.5 Å². The Bertz CT molecular complexity index is 238. The summed E-state index contributed by atoms with van der Waals surface area (Å²) < 4.78 is 5.70. The maximum Gasteiger partial charge on any atom is 0.0897 e. The van der Waals surface area contributed by atoms with Gasteiger partial charge < -0.3 is 15.2 Å². The van der Waals surface area contributed by atoms with Gasteiger partial charge in [-0.1, -0.05) is 19.3 Å². The van der Waals surface area contributed by atoms with Crippen molar-refractivity contribution in [3.63, 3.8) is 0 Å². The minimum absolute atomic E-state index is 0.379. The van der Waals surface area contributed by atoms with Crippen LogP contribution < -0.4 is 5.32 Å². The van der Waals surface area contributed by atoms with Crippen LogP contribution in [0.2, 0.25) is 0 Å². The maximum absolute atomic E-state index is 9.71. The zero-order chi connectivity index (χ0) is 12.3. The Balaban J connectivity index is 1.95. The van der Waals surface area contributed by atoms with Crippen molar-refractivity contribution in [3.05, 3.63) is 0 Å². The lowest BCUT2D eigenvalue weighted by atomic mass is 9.98. The molecule has 0 aromatic carbocycles. The van der Waals surface area contributed by atoms with Gasteiger partial charge >= 0.3 is 0 Å². The summed E-state index contributed by atoms with van der Waals surface area (Å²) in [4.78, 5) is 0. The first-order chi connectivity index (χ1) is 8.33. The maximum atomic E-state index is 9.71. The summed E-state index contributed by atoms with van der Waals surface area (Å²) in [7, 11) is 0. The number of aliphatic hydroxyl groups excluding tert-OH is 1. The standard InChI is InChI=1S/C14H25NO2/c1-2-3-7-10-15-11-13(16)12-17-14-8-5-4-6-9-14/h13-16H,4-12H2,1H3. The van der Waals surface area contributed by atoms with Gasteiger partial charge in [-0.15, -0.1) is 11.8 Å².